The number of amides is 1. The molecule has 3 N–H and O–H groups in total. The van der Waals surface area contributed by atoms with E-state index in [0.29, 0.717) is 18.0 Å². The van der Waals surface area contributed by atoms with Crippen LogP contribution in [0.2, 0.25) is 0 Å². The standard InChI is InChI=1S/C19H21FN2O2.ClH/c20-15-6-4-8-17(12-15)24-13-14-5-3-7-16(11-14)22-18(23)19(21)9-1-2-10-19;/h3-8,11-12H,1-2,9-10,13,21H2,(H,22,23);1H. The van der Waals surface area contributed by atoms with Gasteiger partial charge in [-0.05, 0) is 42.7 Å². The fraction of sp³-hybridized carbons (Fsp3) is 0.316. The number of anilines is 1. The van der Waals surface area contributed by atoms with Crippen LogP contribution in [0.15, 0.2) is 48.5 Å². The molecule has 0 radical (unpaired) electrons. The third kappa shape index (κ3) is 4.94. The maximum atomic E-state index is 13.1. The van der Waals surface area contributed by atoms with Gasteiger partial charge in [-0.25, -0.2) is 4.39 Å². The van der Waals surface area contributed by atoms with Crippen LogP contribution in [0.5, 0.6) is 5.75 Å². The number of rotatable bonds is 5. The zero-order chi connectivity index (χ0) is 17.0. The molecule has 25 heavy (non-hydrogen) atoms. The normalized spacial score (nSPS) is 15.3. The molecule has 1 aliphatic rings. The van der Waals surface area contributed by atoms with Gasteiger partial charge in [-0.2, -0.15) is 0 Å². The third-order valence-electron chi connectivity index (χ3n) is 4.33. The minimum atomic E-state index is -0.756. The van der Waals surface area contributed by atoms with Crippen LogP contribution >= 0.6 is 12.4 Å². The smallest absolute Gasteiger partial charge is 0.244 e. The molecule has 1 amide bonds. The van der Waals surface area contributed by atoms with Crippen molar-refractivity contribution in [2.75, 3.05) is 5.32 Å². The number of nitrogens with two attached hydrogens (primary N) is 1. The van der Waals surface area contributed by atoms with Crippen molar-refractivity contribution in [2.45, 2.75) is 37.8 Å². The fourth-order valence-electron chi connectivity index (χ4n) is 2.95. The minimum Gasteiger partial charge on any atom is -0.489 e. The van der Waals surface area contributed by atoms with Gasteiger partial charge in [0.2, 0.25) is 5.91 Å². The average Bonchev–Trinajstić information content (AvgIpc) is 3.02. The number of hydrogen-bond donors (Lipinski definition) is 2. The first kappa shape index (κ1) is 19.2. The molecule has 1 aliphatic carbocycles. The van der Waals surface area contributed by atoms with Crippen LogP contribution in [0.4, 0.5) is 10.1 Å². The second kappa shape index (κ2) is 8.32. The van der Waals surface area contributed by atoms with E-state index in [1.54, 1.807) is 12.1 Å². The number of ether oxygens (including phenoxy) is 1. The van der Waals surface area contributed by atoms with Crippen molar-refractivity contribution < 1.29 is 13.9 Å². The van der Waals surface area contributed by atoms with Crippen LogP contribution < -0.4 is 15.8 Å². The van der Waals surface area contributed by atoms with E-state index in [9.17, 15) is 9.18 Å². The number of benzene rings is 2. The van der Waals surface area contributed by atoms with Crippen molar-refractivity contribution in [3.63, 3.8) is 0 Å². The van der Waals surface area contributed by atoms with Gasteiger partial charge in [-0.1, -0.05) is 31.0 Å². The first-order valence-corrected chi connectivity index (χ1v) is 8.13. The summed E-state index contributed by atoms with van der Waals surface area (Å²) in [4.78, 5) is 12.4. The van der Waals surface area contributed by atoms with Gasteiger partial charge >= 0.3 is 0 Å². The second-order valence-electron chi connectivity index (χ2n) is 6.26. The zero-order valence-electron chi connectivity index (χ0n) is 13.8. The van der Waals surface area contributed by atoms with Crippen molar-refractivity contribution in [1.82, 2.24) is 0 Å². The molecule has 1 saturated carbocycles. The molecule has 134 valence electrons. The predicted octanol–water partition coefficient (Wildman–Crippen LogP) is 4.04. The van der Waals surface area contributed by atoms with Crippen LogP contribution in [-0.4, -0.2) is 11.4 Å². The van der Waals surface area contributed by atoms with Gasteiger partial charge in [0.15, 0.2) is 0 Å². The summed E-state index contributed by atoms with van der Waals surface area (Å²) in [6.45, 7) is 0.293. The summed E-state index contributed by atoms with van der Waals surface area (Å²) in [6.07, 6.45) is 3.43. The number of carbonyl (C=O) groups excluding carboxylic acids is 1. The highest BCUT2D eigenvalue weighted by molar-refractivity contribution is 5.98. The van der Waals surface area contributed by atoms with Gasteiger partial charge in [-0.15, -0.1) is 12.4 Å². The maximum absolute atomic E-state index is 13.1. The van der Waals surface area contributed by atoms with E-state index in [1.807, 2.05) is 24.3 Å². The van der Waals surface area contributed by atoms with Gasteiger partial charge < -0.3 is 15.8 Å². The fourth-order valence-corrected chi connectivity index (χ4v) is 2.95. The molecule has 0 saturated heterocycles. The number of carbonyl (C=O) groups is 1. The van der Waals surface area contributed by atoms with Crippen molar-refractivity contribution in [3.8, 4) is 5.75 Å². The van der Waals surface area contributed by atoms with Crippen molar-refractivity contribution >= 4 is 24.0 Å². The summed E-state index contributed by atoms with van der Waals surface area (Å²) in [5, 5.41) is 2.89. The van der Waals surface area contributed by atoms with E-state index in [2.05, 4.69) is 5.32 Å². The topological polar surface area (TPSA) is 64.4 Å². The van der Waals surface area contributed by atoms with Crippen molar-refractivity contribution in [2.24, 2.45) is 5.73 Å². The van der Waals surface area contributed by atoms with Crippen LogP contribution in [0, 0.1) is 5.82 Å². The van der Waals surface area contributed by atoms with Crippen molar-refractivity contribution in [3.05, 3.63) is 59.9 Å². The Morgan fingerprint density at radius 1 is 1.16 bits per heavy atom. The number of hydrogen-bond acceptors (Lipinski definition) is 3. The van der Waals surface area contributed by atoms with Gasteiger partial charge in [0.05, 0.1) is 5.54 Å². The quantitative estimate of drug-likeness (QED) is 0.841. The van der Waals surface area contributed by atoms with Gasteiger partial charge in [-0.3, -0.25) is 4.79 Å². The van der Waals surface area contributed by atoms with E-state index in [1.165, 1.54) is 12.1 Å². The molecule has 0 heterocycles. The lowest BCUT2D eigenvalue weighted by molar-refractivity contribution is -0.121. The van der Waals surface area contributed by atoms with E-state index in [-0.39, 0.29) is 24.1 Å². The van der Waals surface area contributed by atoms with Crippen LogP contribution in [0.3, 0.4) is 0 Å². The molecule has 1 fully saturated rings. The first-order chi connectivity index (χ1) is 11.5. The molecule has 3 rings (SSSR count). The SMILES string of the molecule is Cl.NC1(C(=O)Nc2cccc(COc3cccc(F)c3)c2)CCCC1. The van der Waals surface area contributed by atoms with Crippen LogP contribution in [-0.2, 0) is 11.4 Å². The summed E-state index contributed by atoms with van der Waals surface area (Å²) in [5.41, 5.74) is 6.98. The molecule has 0 aliphatic heterocycles. The van der Waals surface area contributed by atoms with E-state index in [0.717, 1.165) is 31.2 Å². The van der Waals surface area contributed by atoms with Gasteiger partial charge in [0.1, 0.15) is 18.2 Å². The predicted molar refractivity (Wildman–Crippen MR) is 98.4 cm³/mol. The summed E-state index contributed by atoms with van der Waals surface area (Å²) in [7, 11) is 0. The maximum Gasteiger partial charge on any atom is 0.244 e. The molecule has 4 nitrogen and oxygen atoms in total. The van der Waals surface area contributed by atoms with E-state index >= 15 is 0 Å². The lowest BCUT2D eigenvalue weighted by Crippen LogP contribution is -2.48. The molecular formula is C19H22ClFN2O2. The van der Waals surface area contributed by atoms with E-state index < -0.39 is 5.54 Å². The van der Waals surface area contributed by atoms with Gasteiger partial charge in [0, 0.05) is 11.8 Å². The first-order valence-electron chi connectivity index (χ1n) is 8.13. The van der Waals surface area contributed by atoms with Crippen LogP contribution in [0.1, 0.15) is 31.2 Å². The minimum absolute atomic E-state index is 0. The highest BCUT2D eigenvalue weighted by atomic mass is 35.5. The molecule has 0 spiro atoms. The Bertz CT molecular complexity index is 733. The van der Waals surface area contributed by atoms with Gasteiger partial charge in [0.25, 0.3) is 0 Å². The molecular weight excluding hydrogens is 343 g/mol. The molecule has 2 aromatic carbocycles. The molecule has 0 atom stereocenters. The summed E-state index contributed by atoms with van der Waals surface area (Å²) < 4.78 is 18.7. The summed E-state index contributed by atoms with van der Waals surface area (Å²) >= 11 is 0. The molecule has 6 heteroatoms. The lowest BCUT2D eigenvalue weighted by atomic mass is 9.98. The molecule has 0 unspecified atom stereocenters. The largest absolute Gasteiger partial charge is 0.489 e. The third-order valence-corrected chi connectivity index (χ3v) is 4.33. The Kier molecular flexibility index (Phi) is 6.39. The van der Waals surface area contributed by atoms with E-state index in [4.69, 9.17) is 10.5 Å². The highest BCUT2D eigenvalue weighted by Crippen LogP contribution is 2.28. The Morgan fingerprint density at radius 3 is 2.60 bits per heavy atom. The molecule has 2 aromatic rings. The molecule has 0 aromatic heterocycles. The van der Waals surface area contributed by atoms with Crippen molar-refractivity contribution in [1.29, 1.82) is 0 Å². The number of halogens is 2. The Labute approximate surface area is 153 Å². The lowest BCUT2D eigenvalue weighted by Gasteiger charge is -2.22. The Hall–Kier alpha value is -2.11. The van der Waals surface area contributed by atoms with Crippen LogP contribution in [0.25, 0.3) is 0 Å². The highest BCUT2D eigenvalue weighted by Gasteiger charge is 2.36. The Morgan fingerprint density at radius 2 is 1.88 bits per heavy atom. The Balaban J connectivity index is 0.00000225. The average molecular weight is 365 g/mol. The number of nitrogens with one attached hydrogen (secondary N) is 1. The second-order valence-corrected chi connectivity index (χ2v) is 6.26. The monoisotopic (exact) mass is 364 g/mol. The molecule has 0 bridgehead atoms. The summed E-state index contributed by atoms with van der Waals surface area (Å²) in [6, 6.07) is 13.4. The zero-order valence-corrected chi connectivity index (χ0v) is 14.7. The summed E-state index contributed by atoms with van der Waals surface area (Å²) in [5.74, 6) is -0.00201.